The van der Waals surface area contributed by atoms with Gasteiger partial charge in [-0.15, -0.1) is 11.3 Å². The first-order chi connectivity index (χ1) is 14.5. The highest BCUT2D eigenvalue weighted by Gasteiger charge is 2.35. The Bertz CT molecular complexity index is 1160. The van der Waals surface area contributed by atoms with Crippen molar-refractivity contribution in [2.24, 2.45) is 11.8 Å². The third kappa shape index (κ3) is 4.80. The smallest absolute Gasteiger partial charge is 0.325 e. The number of methoxy groups -OCH3 is 1. The van der Waals surface area contributed by atoms with Gasteiger partial charge in [-0.3, -0.25) is 19.0 Å². The van der Waals surface area contributed by atoms with E-state index in [4.69, 9.17) is 0 Å². The number of nitrogens with zero attached hydrogens (tertiary/aromatic N) is 3. The first-order valence-corrected chi connectivity index (χ1v) is 12.1. The van der Waals surface area contributed by atoms with Crippen molar-refractivity contribution in [2.45, 2.75) is 38.6 Å². The predicted octanol–water partition coefficient (Wildman–Crippen LogP) is 0.722. The van der Waals surface area contributed by atoms with Crippen molar-refractivity contribution in [1.29, 1.82) is 0 Å². The molecule has 1 aliphatic heterocycles. The Morgan fingerprint density at radius 2 is 1.94 bits per heavy atom. The van der Waals surface area contributed by atoms with Crippen LogP contribution in [0.4, 0.5) is 0 Å². The summed E-state index contributed by atoms with van der Waals surface area (Å²) in [7, 11) is -2.71. The van der Waals surface area contributed by atoms with Crippen LogP contribution in [0.5, 0.6) is 0 Å². The monoisotopic (exact) mass is 470 g/mol. The molecule has 1 amide bonds. The van der Waals surface area contributed by atoms with Gasteiger partial charge in [0.05, 0.1) is 18.8 Å². The Hall–Kier alpha value is -2.31. The lowest BCUT2D eigenvalue weighted by atomic mass is 9.94. The molecule has 0 spiro atoms. The summed E-state index contributed by atoms with van der Waals surface area (Å²) in [5, 5.41) is 2.34. The molecule has 2 aromatic rings. The summed E-state index contributed by atoms with van der Waals surface area (Å²) >= 11 is 1.14. The molecule has 0 saturated carbocycles. The lowest BCUT2D eigenvalue weighted by Crippen LogP contribution is -2.43. The fourth-order valence-corrected chi connectivity index (χ4v) is 7.27. The van der Waals surface area contributed by atoms with E-state index in [1.807, 2.05) is 13.8 Å². The van der Waals surface area contributed by atoms with Crippen molar-refractivity contribution < 1.29 is 22.7 Å². The number of piperidine rings is 1. The molecule has 31 heavy (non-hydrogen) atoms. The van der Waals surface area contributed by atoms with Crippen LogP contribution in [0.15, 0.2) is 16.0 Å². The third-order valence-corrected chi connectivity index (χ3v) is 8.35. The first kappa shape index (κ1) is 23.4. The molecule has 0 unspecified atom stereocenters. The standard InChI is InChI=1S/C19H26N4O6S2/c1-11-5-12(2)8-23(7-11)31(27,28)17-13(3)30-18-16(17)19(26)22(10-21-18)9-14(24)20-6-15(25)29-4/h10-12H,5-9H2,1-4H3,(H,20,24)/t11-,12-/m0/s1. The van der Waals surface area contributed by atoms with E-state index in [0.29, 0.717) is 22.8 Å². The van der Waals surface area contributed by atoms with Crippen molar-refractivity contribution in [3.63, 3.8) is 0 Å². The van der Waals surface area contributed by atoms with Gasteiger partial charge >= 0.3 is 5.97 Å². The molecule has 3 rings (SSSR count). The fourth-order valence-electron chi connectivity index (χ4n) is 3.92. The van der Waals surface area contributed by atoms with Crippen LogP contribution in [-0.4, -0.2) is 60.9 Å². The number of ether oxygens (including phenoxy) is 1. The molecule has 0 radical (unpaired) electrons. The Kier molecular flexibility index (Phi) is 6.82. The maximum Gasteiger partial charge on any atom is 0.325 e. The largest absolute Gasteiger partial charge is 0.468 e. The average Bonchev–Trinajstić information content (AvgIpc) is 3.05. The number of aryl methyl sites for hydroxylation is 1. The molecular weight excluding hydrogens is 444 g/mol. The normalized spacial score (nSPS) is 20.0. The van der Waals surface area contributed by atoms with E-state index in [9.17, 15) is 22.8 Å². The predicted molar refractivity (Wildman–Crippen MR) is 115 cm³/mol. The SMILES string of the molecule is COC(=O)CNC(=O)Cn1cnc2sc(C)c(S(=O)(=O)N3C[C@@H](C)C[C@H](C)C3)c2c1=O. The molecule has 0 aliphatic carbocycles. The number of hydrogen-bond donors (Lipinski definition) is 1. The van der Waals surface area contributed by atoms with Crippen molar-refractivity contribution in [3.8, 4) is 0 Å². The number of rotatable bonds is 6. The van der Waals surface area contributed by atoms with E-state index in [-0.39, 0.29) is 28.7 Å². The topological polar surface area (TPSA) is 128 Å². The van der Waals surface area contributed by atoms with Crippen molar-refractivity contribution in [2.75, 3.05) is 26.7 Å². The maximum atomic E-state index is 13.5. The van der Waals surface area contributed by atoms with Crippen LogP contribution < -0.4 is 10.9 Å². The average molecular weight is 471 g/mol. The van der Waals surface area contributed by atoms with Gasteiger partial charge in [0.1, 0.15) is 22.8 Å². The fraction of sp³-hybridized carbons (Fsp3) is 0.579. The number of aromatic nitrogens is 2. The summed E-state index contributed by atoms with van der Waals surface area (Å²) < 4.78 is 33.9. The molecule has 1 N–H and O–H groups in total. The molecule has 0 aromatic carbocycles. The van der Waals surface area contributed by atoms with E-state index in [2.05, 4.69) is 15.0 Å². The number of fused-ring (bicyclic) bond motifs is 1. The van der Waals surface area contributed by atoms with Crippen molar-refractivity contribution >= 4 is 43.5 Å². The van der Waals surface area contributed by atoms with Gasteiger partial charge in [0.25, 0.3) is 5.56 Å². The number of carbonyl (C=O) groups excluding carboxylic acids is 2. The van der Waals surface area contributed by atoms with Gasteiger partial charge in [0, 0.05) is 18.0 Å². The number of carbonyl (C=O) groups is 2. The quantitative estimate of drug-likeness (QED) is 0.616. The molecular formula is C19H26N4O6S2. The molecule has 1 fully saturated rings. The van der Waals surface area contributed by atoms with Crippen LogP contribution in [-0.2, 0) is 30.9 Å². The summed E-state index contributed by atoms with van der Waals surface area (Å²) in [6.07, 6.45) is 2.16. The second-order valence-electron chi connectivity index (χ2n) is 7.97. The van der Waals surface area contributed by atoms with Gasteiger partial charge in [-0.05, 0) is 25.2 Å². The summed E-state index contributed by atoms with van der Waals surface area (Å²) in [6, 6.07) is 0. The van der Waals surface area contributed by atoms with Crippen LogP contribution in [0, 0.1) is 18.8 Å². The van der Waals surface area contributed by atoms with Crippen LogP contribution in [0.1, 0.15) is 25.1 Å². The van der Waals surface area contributed by atoms with Gasteiger partial charge in [-0.1, -0.05) is 13.8 Å². The molecule has 12 heteroatoms. The second kappa shape index (κ2) is 9.05. The minimum Gasteiger partial charge on any atom is -0.468 e. The van der Waals surface area contributed by atoms with Gasteiger partial charge in [0.15, 0.2) is 0 Å². The minimum atomic E-state index is -3.91. The number of sulfonamides is 1. The number of esters is 1. The summed E-state index contributed by atoms with van der Waals surface area (Å²) in [4.78, 5) is 41.4. The van der Waals surface area contributed by atoms with Crippen LogP contribution in [0.2, 0.25) is 0 Å². The lowest BCUT2D eigenvalue weighted by molar-refractivity contribution is -0.141. The molecule has 1 aliphatic rings. The zero-order chi connectivity index (χ0) is 22.9. The van der Waals surface area contributed by atoms with Crippen LogP contribution in [0.3, 0.4) is 0 Å². The Labute approximate surface area is 184 Å². The number of nitrogens with one attached hydrogen (secondary N) is 1. The van der Waals surface area contributed by atoms with Gasteiger partial charge < -0.3 is 10.1 Å². The molecule has 2 atom stereocenters. The summed E-state index contributed by atoms with van der Waals surface area (Å²) in [5.74, 6) is -0.779. The zero-order valence-corrected chi connectivity index (χ0v) is 19.5. The van der Waals surface area contributed by atoms with Crippen molar-refractivity contribution in [1.82, 2.24) is 19.2 Å². The van der Waals surface area contributed by atoms with E-state index in [1.54, 1.807) is 6.92 Å². The highest BCUT2D eigenvalue weighted by molar-refractivity contribution is 7.89. The Morgan fingerprint density at radius 1 is 1.29 bits per heavy atom. The molecule has 2 aromatic heterocycles. The van der Waals surface area contributed by atoms with Gasteiger partial charge in [0.2, 0.25) is 15.9 Å². The maximum absolute atomic E-state index is 13.5. The van der Waals surface area contributed by atoms with E-state index in [1.165, 1.54) is 17.7 Å². The molecule has 10 nitrogen and oxygen atoms in total. The second-order valence-corrected chi connectivity index (χ2v) is 11.0. The van der Waals surface area contributed by atoms with Crippen molar-refractivity contribution in [3.05, 3.63) is 21.6 Å². The van der Waals surface area contributed by atoms with Gasteiger partial charge in [-0.25, -0.2) is 13.4 Å². The van der Waals surface area contributed by atoms with E-state index < -0.39 is 34.0 Å². The molecule has 170 valence electrons. The zero-order valence-electron chi connectivity index (χ0n) is 17.9. The summed E-state index contributed by atoms with van der Waals surface area (Å²) in [6.45, 7) is 5.74. The summed E-state index contributed by atoms with van der Waals surface area (Å²) in [5.41, 5.74) is -0.612. The Morgan fingerprint density at radius 3 is 2.55 bits per heavy atom. The molecule has 3 heterocycles. The Balaban J connectivity index is 1.99. The van der Waals surface area contributed by atoms with Gasteiger partial charge in [-0.2, -0.15) is 4.31 Å². The highest BCUT2D eigenvalue weighted by Crippen LogP contribution is 2.35. The molecule has 0 bridgehead atoms. The van der Waals surface area contributed by atoms with E-state index >= 15 is 0 Å². The first-order valence-electron chi connectivity index (χ1n) is 9.86. The number of amides is 1. The third-order valence-electron chi connectivity index (χ3n) is 5.20. The van der Waals surface area contributed by atoms with Crippen LogP contribution in [0.25, 0.3) is 10.2 Å². The number of hydrogen-bond acceptors (Lipinski definition) is 8. The molecule has 1 saturated heterocycles. The van der Waals surface area contributed by atoms with E-state index in [0.717, 1.165) is 22.3 Å². The lowest BCUT2D eigenvalue weighted by Gasteiger charge is -2.34. The number of thiophene rings is 1. The minimum absolute atomic E-state index is 0.00310. The van der Waals surface area contributed by atoms with Crippen LogP contribution >= 0.6 is 11.3 Å². The highest BCUT2D eigenvalue weighted by atomic mass is 32.2.